The summed E-state index contributed by atoms with van der Waals surface area (Å²) in [6.45, 7) is 7.30. The molecule has 2 aliphatic rings. The number of allylic oxidation sites excluding steroid dienone is 1. The molecule has 2 heterocycles. The minimum Gasteiger partial charge on any atom is -0.455 e. The number of benzene rings is 1. The van der Waals surface area contributed by atoms with Crippen LogP contribution < -0.4 is 5.32 Å². The zero-order chi connectivity index (χ0) is 27.6. The number of nitrogens with zero attached hydrogens (tertiary/aromatic N) is 3. The van der Waals surface area contributed by atoms with Crippen LogP contribution >= 0.6 is 11.3 Å². The molecule has 0 radical (unpaired) electrons. The fraction of sp³-hybridized carbons (Fsp3) is 0.400. The molecule has 0 aliphatic heterocycles. The van der Waals surface area contributed by atoms with Crippen molar-refractivity contribution >= 4 is 23.3 Å². The Morgan fingerprint density at radius 3 is 2.74 bits per heavy atom. The lowest BCUT2D eigenvalue weighted by Gasteiger charge is -2.24. The highest BCUT2D eigenvalue weighted by Gasteiger charge is 2.36. The highest BCUT2D eigenvalue weighted by Crippen LogP contribution is 2.44. The summed E-state index contributed by atoms with van der Waals surface area (Å²) in [5.41, 5.74) is 1.12. The summed E-state index contributed by atoms with van der Waals surface area (Å²) >= 11 is 1.40. The number of hydrogen-bond acceptors (Lipinski definition) is 8. The lowest BCUT2D eigenvalue weighted by Crippen LogP contribution is -2.26. The molecule has 0 bridgehead atoms. The molecule has 2 aromatic heterocycles. The van der Waals surface area contributed by atoms with Crippen LogP contribution in [0.15, 0.2) is 60.8 Å². The molecule has 1 saturated carbocycles. The summed E-state index contributed by atoms with van der Waals surface area (Å²) in [5, 5.41) is 15.7. The second kappa shape index (κ2) is 11.0. The largest absolute Gasteiger partial charge is 0.455 e. The summed E-state index contributed by atoms with van der Waals surface area (Å²) in [7, 11) is 0. The van der Waals surface area contributed by atoms with Gasteiger partial charge in [-0.3, -0.25) is 4.79 Å². The Balaban J connectivity index is 1.41. The molecule has 1 aromatic carbocycles. The van der Waals surface area contributed by atoms with Crippen LogP contribution in [0.5, 0.6) is 0 Å². The number of carbonyl (C=O) groups excluding carboxylic acids is 1. The van der Waals surface area contributed by atoms with Crippen molar-refractivity contribution in [3.05, 3.63) is 71.7 Å². The van der Waals surface area contributed by atoms with Gasteiger partial charge in [0.15, 0.2) is 0 Å². The van der Waals surface area contributed by atoms with Crippen molar-refractivity contribution in [2.75, 3.05) is 5.32 Å². The average molecular weight is 549 g/mol. The number of esters is 1. The molecule has 7 nitrogen and oxygen atoms in total. The molecule has 1 fully saturated rings. The van der Waals surface area contributed by atoms with Crippen LogP contribution in [0, 0.1) is 5.82 Å². The van der Waals surface area contributed by atoms with E-state index >= 15 is 0 Å². The SMILES string of the molecule is C=CC(C)(C)OC(=O)CC1=CCCC(O)(c2nc(-c3ccc(F)cc3)c(-c3ccnc(NC4CC4)n3)s2)CC1. The second-order valence-corrected chi connectivity index (χ2v) is 11.8. The van der Waals surface area contributed by atoms with Crippen LogP contribution in [0.25, 0.3) is 21.8 Å². The van der Waals surface area contributed by atoms with Gasteiger partial charge in [-0.1, -0.05) is 18.2 Å². The van der Waals surface area contributed by atoms with Gasteiger partial charge in [-0.25, -0.2) is 19.3 Å². The van der Waals surface area contributed by atoms with Gasteiger partial charge in [-0.2, -0.15) is 0 Å². The van der Waals surface area contributed by atoms with Crippen LogP contribution in [-0.4, -0.2) is 37.7 Å². The molecular weight excluding hydrogens is 515 g/mol. The van der Waals surface area contributed by atoms with Crippen LogP contribution in [0.4, 0.5) is 10.3 Å². The number of thiazole rings is 1. The van der Waals surface area contributed by atoms with Crippen LogP contribution in [0.1, 0.15) is 63.8 Å². The maximum atomic E-state index is 13.7. The molecule has 0 spiro atoms. The van der Waals surface area contributed by atoms with E-state index in [-0.39, 0.29) is 18.2 Å². The van der Waals surface area contributed by atoms with Crippen molar-refractivity contribution in [3.8, 4) is 21.8 Å². The first-order valence-corrected chi connectivity index (χ1v) is 14.1. The first kappa shape index (κ1) is 27.1. The molecule has 5 rings (SSSR count). The third-order valence-corrected chi connectivity index (χ3v) is 8.30. The fourth-order valence-corrected chi connectivity index (χ4v) is 5.70. The molecule has 1 atom stereocenters. The van der Waals surface area contributed by atoms with E-state index in [9.17, 15) is 14.3 Å². The zero-order valence-electron chi connectivity index (χ0n) is 22.2. The van der Waals surface area contributed by atoms with Gasteiger partial charge in [0.1, 0.15) is 22.0 Å². The van der Waals surface area contributed by atoms with Gasteiger partial charge in [0, 0.05) is 17.8 Å². The van der Waals surface area contributed by atoms with E-state index in [1.807, 2.05) is 12.1 Å². The summed E-state index contributed by atoms with van der Waals surface area (Å²) in [5.74, 6) is -0.0839. The smallest absolute Gasteiger partial charge is 0.310 e. The summed E-state index contributed by atoms with van der Waals surface area (Å²) < 4.78 is 19.2. The molecule has 204 valence electrons. The normalized spacial score (nSPS) is 19.6. The number of carbonyl (C=O) groups is 1. The van der Waals surface area contributed by atoms with Crippen molar-refractivity contribution in [1.82, 2.24) is 15.0 Å². The fourth-order valence-electron chi connectivity index (χ4n) is 4.50. The number of aromatic nitrogens is 3. The van der Waals surface area contributed by atoms with Crippen LogP contribution in [-0.2, 0) is 15.1 Å². The number of rotatable bonds is 9. The summed E-state index contributed by atoms with van der Waals surface area (Å²) in [6, 6.07) is 8.42. The number of halogens is 1. The standard InChI is InChI=1S/C30H33FN4O3S/c1-4-29(2,3)38-24(36)18-19-6-5-15-30(37,16-13-19)27-35-25(20-7-9-21(31)10-8-20)26(39-27)23-14-17-32-28(34-23)33-22-11-12-22/h4,6-10,14,17,22,37H,1,5,11-13,15-16,18H2,2-3H3,(H,32,33,34). The van der Waals surface area contributed by atoms with Crippen molar-refractivity contribution in [1.29, 1.82) is 0 Å². The molecule has 2 N–H and O–H groups in total. The Labute approximate surface area is 231 Å². The maximum absolute atomic E-state index is 13.7. The predicted molar refractivity (Wildman–Crippen MR) is 151 cm³/mol. The van der Waals surface area contributed by atoms with E-state index in [4.69, 9.17) is 14.7 Å². The molecule has 9 heteroatoms. The average Bonchev–Trinajstić information content (AvgIpc) is 3.64. The van der Waals surface area contributed by atoms with Crippen LogP contribution in [0.2, 0.25) is 0 Å². The van der Waals surface area contributed by atoms with E-state index < -0.39 is 11.2 Å². The third-order valence-electron chi connectivity index (χ3n) is 7.03. The Hall–Kier alpha value is -3.43. The van der Waals surface area contributed by atoms with E-state index in [1.54, 1.807) is 38.3 Å². The first-order valence-electron chi connectivity index (χ1n) is 13.3. The van der Waals surface area contributed by atoms with Gasteiger partial charge < -0.3 is 15.2 Å². The van der Waals surface area contributed by atoms with Gasteiger partial charge in [-0.05, 0) is 88.8 Å². The van der Waals surface area contributed by atoms with Crippen molar-refractivity contribution < 1.29 is 19.0 Å². The van der Waals surface area contributed by atoms with E-state index in [2.05, 4.69) is 16.9 Å². The third kappa shape index (κ3) is 6.59. The highest BCUT2D eigenvalue weighted by molar-refractivity contribution is 7.15. The van der Waals surface area contributed by atoms with Gasteiger partial charge in [-0.15, -0.1) is 11.3 Å². The number of aliphatic hydroxyl groups is 1. The van der Waals surface area contributed by atoms with E-state index in [0.717, 1.165) is 28.9 Å². The minimum absolute atomic E-state index is 0.176. The molecule has 39 heavy (non-hydrogen) atoms. The summed E-state index contributed by atoms with van der Waals surface area (Å²) in [6.07, 6.45) is 9.76. The van der Waals surface area contributed by atoms with Gasteiger partial charge >= 0.3 is 5.97 Å². The highest BCUT2D eigenvalue weighted by atomic mass is 32.1. The van der Waals surface area contributed by atoms with Gasteiger partial charge in [0.05, 0.1) is 22.7 Å². The number of anilines is 1. The second-order valence-electron chi connectivity index (χ2n) is 10.8. The van der Waals surface area contributed by atoms with Crippen molar-refractivity contribution in [2.24, 2.45) is 0 Å². The molecule has 3 aromatic rings. The first-order chi connectivity index (χ1) is 18.6. The number of nitrogens with one attached hydrogen (secondary N) is 1. The van der Waals surface area contributed by atoms with Crippen molar-refractivity contribution in [2.45, 2.75) is 76.0 Å². The maximum Gasteiger partial charge on any atom is 0.310 e. The lowest BCUT2D eigenvalue weighted by molar-refractivity contribution is -0.151. The van der Waals surface area contributed by atoms with Crippen molar-refractivity contribution in [3.63, 3.8) is 0 Å². The molecule has 2 aliphatic carbocycles. The molecule has 1 unspecified atom stereocenters. The Morgan fingerprint density at radius 1 is 1.26 bits per heavy atom. The number of hydrogen-bond donors (Lipinski definition) is 2. The lowest BCUT2D eigenvalue weighted by atomic mass is 9.94. The van der Waals surface area contributed by atoms with Crippen LogP contribution in [0.3, 0.4) is 0 Å². The van der Waals surface area contributed by atoms with E-state index in [0.29, 0.717) is 54.1 Å². The Kier molecular flexibility index (Phi) is 7.64. The molecule has 0 saturated heterocycles. The Bertz CT molecular complexity index is 1400. The monoisotopic (exact) mass is 548 g/mol. The molecule has 0 amide bonds. The Morgan fingerprint density at radius 2 is 2.03 bits per heavy atom. The minimum atomic E-state index is -1.18. The summed E-state index contributed by atoms with van der Waals surface area (Å²) in [4.78, 5) is 27.3. The van der Waals surface area contributed by atoms with Gasteiger partial charge in [0.2, 0.25) is 5.95 Å². The zero-order valence-corrected chi connectivity index (χ0v) is 23.1. The van der Waals surface area contributed by atoms with Gasteiger partial charge in [0.25, 0.3) is 0 Å². The number of ether oxygens (including phenoxy) is 1. The quantitative estimate of drug-likeness (QED) is 0.231. The topological polar surface area (TPSA) is 97.2 Å². The van der Waals surface area contributed by atoms with E-state index in [1.165, 1.54) is 23.5 Å². The predicted octanol–water partition coefficient (Wildman–Crippen LogP) is 6.57. The molecular formula is C30H33FN4O3S.